The van der Waals surface area contributed by atoms with Crippen LogP contribution in [0.5, 0.6) is 0 Å². The summed E-state index contributed by atoms with van der Waals surface area (Å²) < 4.78 is 5.81. The maximum absolute atomic E-state index is 11.9. The second-order valence-corrected chi connectivity index (χ2v) is 9.91. The van der Waals surface area contributed by atoms with E-state index < -0.39 is 28.6 Å². The molecule has 4 rings (SSSR count). The third-order valence-corrected chi connectivity index (χ3v) is 8.49. The van der Waals surface area contributed by atoms with Gasteiger partial charge in [0.05, 0.1) is 12.2 Å². The van der Waals surface area contributed by atoms with Crippen LogP contribution < -0.4 is 0 Å². The molecule has 4 aliphatic rings. The number of carbonyl (C=O) groups excluding carboxylic acids is 1. The quantitative estimate of drug-likeness (QED) is 0.483. The second-order valence-electron chi connectivity index (χ2n) is 9.91. The molecular weight excluding hydrogens is 344 g/mol. The Bertz CT molecular complexity index is 724. The summed E-state index contributed by atoms with van der Waals surface area (Å²) in [6.45, 7) is 11.5. The molecule has 0 aromatic heterocycles. The molecule has 0 aromatic rings. The van der Waals surface area contributed by atoms with Crippen molar-refractivity contribution in [2.24, 2.45) is 28.6 Å². The fraction of sp³-hybridized carbons (Fsp3) is 0.773. The van der Waals surface area contributed by atoms with Gasteiger partial charge in [-0.2, -0.15) is 0 Å². The van der Waals surface area contributed by atoms with E-state index in [1.807, 2.05) is 13.8 Å². The van der Waals surface area contributed by atoms with Gasteiger partial charge in [-0.3, -0.25) is 4.79 Å². The van der Waals surface area contributed by atoms with Crippen LogP contribution in [0.25, 0.3) is 0 Å². The van der Waals surface area contributed by atoms with Crippen LogP contribution in [0.1, 0.15) is 53.4 Å². The van der Waals surface area contributed by atoms with Gasteiger partial charge in [0.25, 0.3) is 0 Å². The maximum atomic E-state index is 11.9. The molecule has 0 aliphatic heterocycles. The largest absolute Gasteiger partial charge is 0.461 e. The molecule has 4 aliphatic carbocycles. The Kier molecular flexibility index (Phi) is 4.03. The van der Waals surface area contributed by atoms with E-state index in [2.05, 4.69) is 19.6 Å². The zero-order valence-electron chi connectivity index (χ0n) is 16.7. The number of esters is 1. The van der Waals surface area contributed by atoms with E-state index in [0.717, 1.165) is 18.4 Å². The van der Waals surface area contributed by atoms with Crippen molar-refractivity contribution in [2.75, 3.05) is 0 Å². The normalized spacial score (nSPS) is 50.5. The van der Waals surface area contributed by atoms with Crippen LogP contribution in [0, 0.1) is 28.6 Å². The van der Waals surface area contributed by atoms with Crippen molar-refractivity contribution >= 4 is 5.97 Å². The van der Waals surface area contributed by atoms with Crippen molar-refractivity contribution in [3.8, 4) is 0 Å². The highest BCUT2D eigenvalue weighted by Gasteiger charge is 2.70. The lowest BCUT2D eigenvalue weighted by Crippen LogP contribution is -2.57. The highest BCUT2D eigenvalue weighted by atomic mass is 16.5. The number of carbonyl (C=O) groups is 1. The van der Waals surface area contributed by atoms with Gasteiger partial charge in [-0.05, 0) is 38.5 Å². The molecule has 5 nitrogen and oxygen atoms in total. The molecule has 0 radical (unpaired) electrons. The number of aliphatic hydroxyl groups excluding tert-OH is 2. The molecule has 1 spiro atoms. The van der Waals surface area contributed by atoms with Gasteiger partial charge in [-0.25, -0.2) is 0 Å². The first-order chi connectivity index (χ1) is 12.5. The number of hydrogen-bond acceptors (Lipinski definition) is 5. The fourth-order valence-electron chi connectivity index (χ4n) is 6.98. The summed E-state index contributed by atoms with van der Waals surface area (Å²) in [4.78, 5) is 11.9. The summed E-state index contributed by atoms with van der Waals surface area (Å²) in [5, 5.41) is 33.7. The number of ether oxygens (including phenoxy) is 1. The van der Waals surface area contributed by atoms with E-state index in [9.17, 15) is 20.1 Å². The van der Waals surface area contributed by atoms with E-state index in [-0.39, 0.29) is 29.8 Å². The second kappa shape index (κ2) is 5.68. The fourth-order valence-corrected chi connectivity index (χ4v) is 6.98. The van der Waals surface area contributed by atoms with Gasteiger partial charge in [0, 0.05) is 29.6 Å². The molecule has 0 amide bonds. The van der Waals surface area contributed by atoms with E-state index in [1.54, 1.807) is 0 Å². The number of rotatable bonds is 1. The lowest BCUT2D eigenvalue weighted by atomic mass is 9.60. The Morgan fingerprint density at radius 1 is 1.22 bits per heavy atom. The topological polar surface area (TPSA) is 87.0 Å². The molecule has 5 heteroatoms. The molecule has 3 fully saturated rings. The molecule has 150 valence electrons. The molecule has 27 heavy (non-hydrogen) atoms. The van der Waals surface area contributed by atoms with Crippen molar-refractivity contribution in [2.45, 2.75) is 77.3 Å². The van der Waals surface area contributed by atoms with E-state index >= 15 is 0 Å². The first-order valence-electron chi connectivity index (χ1n) is 10.1. The highest BCUT2D eigenvalue weighted by molar-refractivity contribution is 5.66. The van der Waals surface area contributed by atoms with Crippen LogP contribution in [0.3, 0.4) is 0 Å². The summed E-state index contributed by atoms with van der Waals surface area (Å²) in [6.07, 6.45) is 2.64. The van der Waals surface area contributed by atoms with E-state index in [1.165, 1.54) is 12.5 Å². The minimum absolute atomic E-state index is 0.0188. The summed E-state index contributed by atoms with van der Waals surface area (Å²) in [5.74, 6) is -0.500. The van der Waals surface area contributed by atoms with E-state index in [0.29, 0.717) is 12.8 Å². The zero-order valence-corrected chi connectivity index (χ0v) is 16.7. The lowest BCUT2D eigenvalue weighted by Gasteiger charge is -2.47. The summed E-state index contributed by atoms with van der Waals surface area (Å²) in [7, 11) is 0. The molecule has 3 N–H and O–H groups in total. The van der Waals surface area contributed by atoms with Crippen molar-refractivity contribution in [1.29, 1.82) is 0 Å². The molecule has 0 aromatic carbocycles. The van der Waals surface area contributed by atoms with E-state index in [4.69, 9.17) is 4.74 Å². The van der Waals surface area contributed by atoms with Gasteiger partial charge < -0.3 is 20.1 Å². The minimum Gasteiger partial charge on any atom is -0.461 e. The van der Waals surface area contributed by atoms with Crippen LogP contribution >= 0.6 is 0 Å². The smallest absolute Gasteiger partial charge is 0.302 e. The van der Waals surface area contributed by atoms with Crippen LogP contribution in [0.15, 0.2) is 23.8 Å². The Morgan fingerprint density at radius 2 is 1.89 bits per heavy atom. The molecule has 3 saturated carbocycles. The molecular formula is C22H32O5. The SMILES string of the molecule is C=C1[C@@H]2CC[C@H]3C(C)=C[C@]2(C[C@@H](O)[C@@]2(O)[C@H]1C[C@H](O)C2(C)C)[C@@H]3OC(C)=O. The van der Waals surface area contributed by atoms with Gasteiger partial charge in [0.1, 0.15) is 11.7 Å². The van der Waals surface area contributed by atoms with Gasteiger partial charge >= 0.3 is 5.97 Å². The van der Waals surface area contributed by atoms with Gasteiger partial charge in [-0.15, -0.1) is 0 Å². The first-order valence-corrected chi connectivity index (χ1v) is 10.1. The predicted octanol–water partition coefficient (Wildman–Crippen LogP) is 2.35. The minimum atomic E-state index is -1.45. The summed E-state index contributed by atoms with van der Waals surface area (Å²) >= 11 is 0. The number of fused-ring (bicyclic) bond motifs is 2. The number of hydrogen-bond donors (Lipinski definition) is 3. The zero-order chi connectivity index (χ0) is 19.9. The molecule has 0 heterocycles. The van der Waals surface area contributed by atoms with Crippen LogP contribution in [0.2, 0.25) is 0 Å². The molecule has 2 bridgehead atoms. The monoisotopic (exact) mass is 376 g/mol. The van der Waals surface area contributed by atoms with Crippen molar-refractivity contribution in [1.82, 2.24) is 0 Å². The summed E-state index contributed by atoms with van der Waals surface area (Å²) in [6, 6.07) is 0. The average Bonchev–Trinajstić information content (AvgIpc) is 2.81. The third kappa shape index (κ3) is 2.19. The average molecular weight is 376 g/mol. The maximum Gasteiger partial charge on any atom is 0.302 e. The van der Waals surface area contributed by atoms with Crippen LogP contribution in [-0.2, 0) is 9.53 Å². The molecule has 8 atom stereocenters. The third-order valence-electron chi connectivity index (χ3n) is 8.49. The number of aliphatic hydroxyl groups is 3. The van der Waals surface area contributed by atoms with Gasteiger partial charge in [-0.1, -0.05) is 37.6 Å². The Balaban J connectivity index is 1.85. The van der Waals surface area contributed by atoms with Crippen LogP contribution in [0.4, 0.5) is 0 Å². The Hall–Kier alpha value is -1.17. The standard InChI is InChI=1S/C22H32O5/c1-11-9-21-10-18(25)22(26)16(8-17(24)20(22,4)5)12(2)15(21)7-6-14(11)19(21)27-13(3)23/h9,14-19,24-26H,2,6-8,10H2,1,3-5H3/t14-,15-,16-,17-,18+,19+,21+,22-/m0/s1. The Labute approximate surface area is 161 Å². The highest BCUT2D eigenvalue weighted by Crippen LogP contribution is 2.66. The van der Waals surface area contributed by atoms with Crippen molar-refractivity contribution in [3.63, 3.8) is 0 Å². The van der Waals surface area contributed by atoms with Crippen molar-refractivity contribution < 1.29 is 24.9 Å². The summed E-state index contributed by atoms with van der Waals surface area (Å²) in [5.41, 5.74) is -0.744. The van der Waals surface area contributed by atoms with Crippen LogP contribution in [-0.4, -0.2) is 45.2 Å². The molecule has 0 unspecified atom stereocenters. The lowest BCUT2D eigenvalue weighted by molar-refractivity contribution is -0.178. The predicted molar refractivity (Wildman–Crippen MR) is 101 cm³/mol. The Morgan fingerprint density at radius 3 is 2.52 bits per heavy atom. The molecule has 0 saturated heterocycles. The van der Waals surface area contributed by atoms with Crippen molar-refractivity contribution in [3.05, 3.63) is 23.8 Å². The van der Waals surface area contributed by atoms with Gasteiger partial charge in [0.2, 0.25) is 0 Å². The first kappa shape index (κ1) is 19.2. The van der Waals surface area contributed by atoms with Gasteiger partial charge in [0.15, 0.2) is 0 Å².